The largest absolute Gasteiger partial charge is 0.507 e. The molecule has 0 bridgehead atoms. The lowest BCUT2D eigenvalue weighted by atomic mass is 10.1. The van der Waals surface area contributed by atoms with Gasteiger partial charge in [0.2, 0.25) is 0 Å². The Morgan fingerprint density at radius 2 is 1.87 bits per heavy atom. The minimum Gasteiger partial charge on any atom is -0.507 e. The van der Waals surface area contributed by atoms with Crippen molar-refractivity contribution < 1.29 is 9.52 Å². The number of nitrogens with zero attached hydrogens (tertiary/aromatic N) is 2. The number of aromatic nitrogens is 1. The monoisotopic (exact) mass is 418 g/mol. The average molecular weight is 419 g/mol. The Kier molecular flexibility index (Phi) is 5.11. The van der Waals surface area contributed by atoms with Crippen molar-refractivity contribution in [2.24, 2.45) is 0 Å². The highest BCUT2D eigenvalue weighted by atomic mass is 32.1. The number of phenolic OH excluding ortho intramolecular Hbond substituents is 1. The summed E-state index contributed by atoms with van der Waals surface area (Å²) < 4.78 is 5.74. The molecule has 1 aliphatic rings. The molecule has 4 aromatic rings. The lowest BCUT2D eigenvalue weighted by Crippen LogP contribution is -2.29. The molecule has 1 saturated heterocycles. The van der Waals surface area contributed by atoms with E-state index >= 15 is 0 Å². The Labute approximate surface area is 178 Å². The molecule has 2 aromatic carbocycles. The second-order valence-electron chi connectivity index (χ2n) is 7.67. The predicted molar refractivity (Wildman–Crippen MR) is 120 cm³/mol. The van der Waals surface area contributed by atoms with Gasteiger partial charge in [0.05, 0.1) is 16.8 Å². The van der Waals surface area contributed by atoms with E-state index in [1.54, 1.807) is 12.1 Å². The summed E-state index contributed by atoms with van der Waals surface area (Å²) in [5, 5.41) is 13.8. The van der Waals surface area contributed by atoms with Crippen LogP contribution in [0.1, 0.15) is 24.8 Å². The third-order valence-corrected chi connectivity index (χ3v) is 6.49. The van der Waals surface area contributed by atoms with Crippen LogP contribution in [0.2, 0.25) is 0 Å². The molecular formula is C24H22N2O3S. The van der Waals surface area contributed by atoms with E-state index in [0.717, 1.165) is 42.6 Å². The van der Waals surface area contributed by atoms with Gasteiger partial charge in [0.25, 0.3) is 0 Å². The number of piperidine rings is 1. The molecule has 3 heterocycles. The minimum atomic E-state index is -0.429. The number of hydrogen-bond donors (Lipinski definition) is 1. The lowest BCUT2D eigenvalue weighted by Gasteiger charge is -2.26. The van der Waals surface area contributed by atoms with Gasteiger partial charge < -0.3 is 9.52 Å². The number of fused-ring (bicyclic) bond motifs is 1. The maximum absolute atomic E-state index is 12.8. The van der Waals surface area contributed by atoms with Gasteiger partial charge >= 0.3 is 5.63 Å². The van der Waals surface area contributed by atoms with Crippen LogP contribution < -0.4 is 5.63 Å². The number of benzene rings is 2. The van der Waals surface area contributed by atoms with Crippen LogP contribution in [0.25, 0.3) is 32.8 Å². The second-order valence-corrected chi connectivity index (χ2v) is 8.53. The first-order valence-electron chi connectivity index (χ1n) is 10.2. The molecule has 1 N–H and O–H groups in total. The van der Waals surface area contributed by atoms with Crippen molar-refractivity contribution in [3.8, 4) is 27.6 Å². The summed E-state index contributed by atoms with van der Waals surface area (Å²) in [6, 6.07) is 15.2. The van der Waals surface area contributed by atoms with Gasteiger partial charge in [-0.1, -0.05) is 36.8 Å². The van der Waals surface area contributed by atoms with Gasteiger partial charge in [-0.25, -0.2) is 9.78 Å². The van der Waals surface area contributed by atoms with E-state index in [4.69, 9.17) is 4.42 Å². The number of aromatic hydroxyl groups is 1. The van der Waals surface area contributed by atoms with Crippen molar-refractivity contribution in [3.05, 3.63) is 69.9 Å². The molecule has 0 unspecified atom stereocenters. The first kappa shape index (κ1) is 19.0. The Morgan fingerprint density at radius 1 is 1.07 bits per heavy atom. The van der Waals surface area contributed by atoms with Crippen molar-refractivity contribution in [2.75, 3.05) is 13.1 Å². The van der Waals surface area contributed by atoms with Crippen molar-refractivity contribution in [3.63, 3.8) is 0 Å². The first-order chi connectivity index (χ1) is 14.7. The molecule has 1 aliphatic heterocycles. The zero-order valence-electron chi connectivity index (χ0n) is 16.5. The van der Waals surface area contributed by atoms with Crippen molar-refractivity contribution in [2.45, 2.75) is 25.8 Å². The molecule has 0 aliphatic carbocycles. The van der Waals surface area contributed by atoms with E-state index in [9.17, 15) is 9.90 Å². The molecule has 0 atom stereocenters. The zero-order valence-corrected chi connectivity index (χ0v) is 17.3. The summed E-state index contributed by atoms with van der Waals surface area (Å²) in [6.45, 7) is 2.58. The van der Waals surface area contributed by atoms with Crippen LogP contribution in [0.5, 0.6) is 5.75 Å². The van der Waals surface area contributed by atoms with E-state index in [1.165, 1.54) is 17.8 Å². The van der Waals surface area contributed by atoms with Crippen LogP contribution in [0.3, 0.4) is 0 Å². The normalized spacial score (nSPS) is 14.9. The Bertz CT molecular complexity index is 1240. The Hall–Kier alpha value is -2.96. The molecule has 5 rings (SSSR count). The van der Waals surface area contributed by atoms with Crippen LogP contribution in [-0.2, 0) is 6.54 Å². The fourth-order valence-electron chi connectivity index (χ4n) is 4.01. The predicted octanol–water partition coefficient (Wildman–Crippen LogP) is 5.28. The maximum Gasteiger partial charge on any atom is 0.346 e. The summed E-state index contributed by atoms with van der Waals surface area (Å²) in [4.78, 5) is 19.8. The van der Waals surface area contributed by atoms with Gasteiger partial charge in [-0.05, 0) is 44.1 Å². The molecule has 0 spiro atoms. The zero-order chi connectivity index (χ0) is 20.5. The van der Waals surface area contributed by atoms with E-state index in [2.05, 4.69) is 9.88 Å². The van der Waals surface area contributed by atoms with Gasteiger partial charge in [0, 0.05) is 22.9 Å². The highest BCUT2D eigenvalue weighted by Gasteiger charge is 2.19. The van der Waals surface area contributed by atoms with Crippen molar-refractivity contribution in [1.82, 2.24) is 9.88 Å². The van der Waals surface area contributed by atoms with Gasteiger partial charge in [0.1, 0.15) is 16.3 Å². The average Bonchev–Trinajstić information content (AvgIpc) is 3.27. The van der Waals surface area contributed by atoms with Crippen LogP contribution in [0.15, 0.2) is 63.1 Å². The standard InChI is InChI=1S/C24H22N2O3S/c27-21-10-9-17-13-18(23-25-20(15-30-23)16-7-3-1-4-8-16)24(28)29-22(17)19(21)14-26-11-5-2-6-12-26/h1,3-4,7-10,13,15,27H,2,5-6,11-12,14H2. The molecule has 30 heavy (non-hydrogen) atoms. The third kappa shape index (κ3) is 3.64. The molecule has 0 radical (unpaired) electrons. The highest BCUT2D eigenvalue weighted by molar-refractivity contribution is 7.13. The van der Waals surface area contributed by atoms with Crippen LogP contribution >= 0.6 is 11.3 Å². The molecule has 152 valence electrons. The summed E-state index contributed by atoms with van der Waals surface area (Å²) in [7, 11) is 0. The molecule has 0 saturated carbocycles. The minimum absolute atomic E-state index is 0.171. The van der Waals surface area contributed by atoms with E-state index in [-0.39, 0.29) is 5.75 Å². The van der Waals surface area contributed by atoms with E-state index < -0.39 is 5.63 Å². The Morgan fingerprint density at radius 3 is 2.67 bits per heavy atom. The number of rotatable bonds is 4. The molecular weight excluding hydrogens is 396 g/mol. The topological polar surface area (TPSA) is 66.6 Å². The quantitative estimate of drug-likeness (QED) is 0.457. The molecule has 6 heteroatoms. The van der Waals surface area contributed by atoms with Crippen LogP contribution in [0, 0.1) is 0 Å². The van der Waals surface area contributed by atoms with Crippen molar-refractivity contribution >= 4 is 22.3 Å². The molecule has 2 aromatic heterocycles. The summed E-state index contributed by atoms with van der Waals surface area (Å²) >= 11 is 1.43. The summed E-state index contributed by atoms with van der Waals surface area (Å²) in [5.74, 6) is 0.171. The number of hydrogen-bond acceptors (Lipinski definition) is 6. The lowest BCUT2D eigenvalue weighted by molar-refractivity contribution is 0.218. The highest BCUT2D eigenvalue weighted by Crippen LogP contribution is 2.32. The van der Waals surface area contributed by atoms with Gasteiger partial charge in [-0.3, -0.25) is 4.90 Å². The number of thiazole rings is 1. The first-order valence-corrected chi connectivity index (χ1v) is 11.1. The number of phenols is 1. The fourth-order valence-corrected chi connectivity index (χ4v) is 4.85. The van der Waals surface area contributed by atoms with E-state index in [1.807, 2.05) is 41.8 Å². The fraction of sp³-hybridized carbons (Fsp3) is 0.250. The van der Waals surface area contributed by atoms with Gasteiger partial charge in [-0.15, -0.1) is 11.3 Å². The van der Waals surface area contributed by atoms with E-state index in [0.29, 0.717) is 28.3 Å². The molecule has 1 fully saturated rings. The maximum atomic E-state index is 12.8. The van der Waals surface area contributed by atoms with Gasteiger partial charge in [0.15, 0.2) is 0 Å². The van der Waals surface area contributed by atoms with Gasteiger partial charge in [-0.2, -0.15) is 0 Å². The SMILES string of the molecule is O=c1oc2c(CN3CCCCC3)c(O)ccc2cc1-c1nc(-c2ccccc2)cs1. The summed E-state index contributed by atoms with van der Waals surface area (Å²) in [5.41, 5.74) is 3.02. The van der Waals surface area contributed by atoms with Crippen LogP contribution in [-0.4, -0.2) is 28.1 Å². The number of likely N-dealkylation sites (tertiary alicyclic amines) is 1. The molecule has 5 nitrogen and oxygen atoms in total. The Balaban J connectivity index is 1.54. The molecule has 0 amide bonds. The summed E-state index contributed by atoms with van der Waals surface area (Å²) in [6.07, 6.45) is 3.57. The third-order valence-electron chi connectivity index (χ3n) is 5.62. The second kappa shape index (κ2) is 8.05. The smallest absolute Gasteiger partial charge is 0.346 e. The van der Waals surface area contributed by atoms with Crippen LogP contribution in [0.4, 0.5) is 0 Å². The van der Waals surface area contributed by atoms with Crippen molar-refractivity contribution in [1.29, 1.82) is 0 Å².